The first-order valence-electron chi connectivity index (χ1n) is 5.82. The van der Waals surface area contributed by atoms with Crippen molar-refractivity contribution in [3.8, 4) is 6.07 Å². The Labute approximate surface area is 112 Å². The highest BCUT2D eigenvalue weighted by Gasteiger charge is 2.11. The number of nitrogens with one attached hydrogen (secondary N) is 1. The van der Waals surface area contributed by atoms with Crippen LogP contribution in [0, 0.1) is 11.3 Å². The smallest absolute Gasteiger partial charge is 0.225 e. The first-order chi connectivity index (χ1) is 8.56. The molecule has 1 unspecified atom stereocenters. The molecule has 0 saturated carbocycles. The molecule has 0 aliphatic heterocycles. The molecule has 0 fully saturated rings. The number of anilines is 1. The zero-order chi connectivity index (χ0) is 13.5. The fourth-order valence-electron chi connectivity index (χ4n) is 1.60. The van der Waals surface area contributed by atoms with Crippen LogP contribution in [0.15, 0.2) is 18.2 Å². The van der Waals surface area contributed by atoms with Crippen molar-refractivity contribution in [2.45, 2.75) is 32.2 Å². The summed E-state index contributed by atoms with van der Waals surface area (Å²) in [6.45, 7) is 2.02. The number of nitriles is 1. The Kier molecular flexibility index (Phi) is 5.63. The third-order valence-corrected chi connectivity index (χ3v) is 2.81. The second-order valence-electron chi connectivity index (χ2n) is 4.11. The van der Waals surface area contributed by atoms with Crippen molar-refractivity contribution in [3.05, 3.63) is 28.8 Å². The van der Waals surface area contributed by atoms with Crippen molar-refractivity contribution in [2.75, 3.05) is 5.32 Å². The largest absolute Gasteiger partial charge is 0.327 e. The predicted molar refractivity (Wildman–Crippen MR) is 72.3 cm³/mol. The molecule has 1 aromatic rings. The Bertz CT molecular complexity index is 468. The second kappa shape index (κ2) is 7.00. The van der Waals surface area contributed by atoms with Gasteiger partial charge in [-0.15, -0.1) is 0 Å². The van der Waals surface area contributed by atoms with Gasteiger partial charge in [-0.3, -0.25) is 4.79 Å². The number of rotatable bonds is 5. The highest BCUT2D eigenvalue weighted by Crippen LogP contribution is 2.23. The van der Waals surface area contributed by atoms with Gasteiger partial charge in [0.1, 0.15) is 0 Å². The Morgan fingerprint density at radius 2 is 2.33 bits per heavy atom. The molecule has 4 nitrogen and oxygen atoms in total. The number of hydrogen-bond donors (Lipinski definition) is 2. The number of benzene rings is 1. The molecule has 0 heterocycles. The molecule has 3 N–H and O–H groups in total. The van der Waals surface area contributed by atoms with E-state index in [1.165, 1.54) is 0 Å². The van der Waals surface area contributed by atoms with Crippen LogP contribution in [0.3, 0.4) is 0 Å². The summed E-state index contributed by atoms with van der Waals surface area (Å²) in [4.78, 5) is 11.7. The van der Waals surface area contributed by atoms with Crippen molar-refractivity contribution < 1.29 is 4.79 Å². The summed E-state index contributed by atoms with van der Waals surface area (Å²) in [5, 5.41) is 11.9. The van der Waals surface area contributed by atoms with Gasteiger partial charge in [-0.1, -0.05) is 24.9 Å². The van der Waals surface area contributed by atoms with Gasteiger partial charge in [0.15, 0.2) is 0 Å². The van der Waals surface area contributed by atoms with Crippen LogP contribution >= 0.6 is 11.6 Å². The maximum Gasteiger partial charge on any atom is 0.225 e. The van der Waals surface area contributed by atoms with Crippen molar-refractivity contribution in [1.29, 1.82) is 5.26 Å². The molecule has 1 aromatic carbocycles. The van der Waals surface area contributed by atoms with Crippen LogP contribution in [-0.4, -0.2) is 11.9 Å². The maximum absolute atomic E-state index is 11.7. The Balaban J connectivity index is 2.67. The van der Waals surface area contributed by atoms with Gasteiger partial charge in [0.2, 0.25) is 5.91 Å². The number of carbonyl (C=O) groups is 1. The van der Waals surface area contributed by atoms with Gasteiger partial charge < -0.3 is 11.1 Å². The van der Waals surface area contributed by atoms with E-state index in [2.05, 4.69) is 5.32 Å². The van der Waals surface area contributed by atoms with Gasteiger partial charge in [0, 0.05) is 12.5 Å². The highest BCUT2D eigenvalue weighted by molar-refractivity contribution is 6.33. The Morgan fingerprint density at radius 3 is 2.94 bits per heavy atom. The predicted octanol–water partition coefficient (Wildman–Crippen LogP) is 2.67. The summed E-state index contributed by atoms with van der Waals surface area (Å²) in [6.07, 6.45) is 2.00. The van der Waals surface area contributed by atoms with Crippen LogP contribution in [0.5, 0.6) is 0 Å². The molecule has 1 rings (SSSR count). The molecule has 1 amide bonds. The number of hydrogen-bond acceptors (Lipinski definition) is 3. The lowest BCUT2D eigenvalue weighted by atomic mass is 10.1. The van der Waals surface area contributed by atoms with Crippen molar-refractivity contribution in [3.63, 3.8) is 0 Å². The minimum absolute atomic E-state index is 0.145. The van der Waals surface area contributed by atoms with Crippen LogP contribution in [-0.2, 0) is 4.79 Å². The topological polar surface area (TPSA) is 78.9 Å². The molecular formula is C13H16ClN3O. The van der Waals surface area contributed by atoms with E-state index in [9.17, 15) is 4.79 Å². The first-order valence-corrected chi connectivity index (χ1v) is 6.19. The quantitative estimate of drug-likeness (QED) is 0.859. The van der Waals surface area contributed by atoms with E-state index in [0.29, 0.717) is 16.3 Å². The average molecular weight is 266 g/mol. The standard InChI is InChI=1S/C13H16ClN3O/c1-2-3-10(16)7-13(18)17-12-6-9(8-15)4-5-11(12)14/h4-6,10H,2-3,7,16H2,1H3,(H,17,18). The minimum Gasteiger partial charge on any atom is -0.327 e. The Hall–Kier alpha value is -1.57. The summed E-state index contributed by atoms with van der Waals surface area (Å²) in [6, 6.07) is 6.58. The number of nitrogens with two attached hydrogens (primary N) is 1. The molecular weight excluding hydrogens is 250 g/mol. The van der Waals surface area contributed by atoms with E-state index in [1.54, 1.807) is 18.2 Å². The lowest BCUT2D eigenvalue weighted by Crippen LogP contribution is -2.26. The van der Waals surface area contributed by atoms with E-state index in [-0.39, 0.29) is 18.4 Å². The van der Waals surface area contributed by atoms with E-state index >= 15 is 0 Å². The molecule has 0 saturated heterocycles. The third kappa shape index (κ3) is 4.36. The fourth-order valence-corrected chi connectivity index (χ4v) is 1.77. The molecule has 5 heteroatoms. The lowest BCUT2D eigenvalue weighted by molar-refractivity contribution is -0.116. The van der Waals surface area contributed by atoms with Gasteiger partial charge in [-0.2, -0.15) is 5.26 Å². The van der Waals surface area contributed by atoms with Crippen LogP contribution in [0.2, 0.25) is 5.02 Å². The van der Waals surface area contributed by atoms with Gasteiger partial charge in [0.05, 0.1) is 22.3 Å². The summed E-state index contributed by atoms with van der Waals surface area (Å²) in [7, 11) is 0. The van der Waals surface area contributed by atoms with Gasteiger partial charge in [-0.25, -0.2) is 0 Å². The average Bonchev–Trinajstić information content (AvgIpc) is 2.32. The van der Waals surface area contributed by atoms with Gasteiger partial charge >= 0.3 is 0 Å². The van der Waals surface area contributed by atoms with Gasteiger partial charge in [-0.05, 0) is 24.6 Å². The van der Waals surface area contributed by atoms with Crippen molar-refractivity contribution in [2.24, 2.45) is 5.73 Å². The van der Waals surface area contributed by atoms with E-state index in [0.717, 1.165) is 12.8 Å². The molecule has 0 aromatic heterocycles. The van der Waals surface area contributed by atoms with Crippen LogP contribution < -0.4 is 11.1 Å². The molecule has 18 heavy (non-hydrogen) atoms. The highest BCUT2D eigenvalue weighted by atomic mass is 35.5. The molecule has 0 aliphatic rings. The maximum atomic E-state index is 11.7. The molecule has 0 radical (unpaired) electrons. The summed E-state index contributed by atoms with van der Waals surface area (Å²) in [5.74, 6) is -0.187. The molecule has 0 aliphatic carbocycles. The summed E-state index contributed by atoms with van der Waals surface area (Å²) < 4.78 is 0. The fraction of sp³-hybridized carbons (Fsp3) is 0.385. The normalized spacial score (nSPS) is 11.7. The zero-order valence-corrected chi connectivity index (χ0v) is 11.0. The SMILES string of the molecule is CCCC(N)CC(=O)Nc1cc(C#N)ccc1Cl. The second-order valence-corrected chi connectivity index (χ2v) is 4.51. The van der Waals surface area contributed by atoms with E-state index in [4.69, 9.17) is 22.6 Å². The van der Waals surface area contributed by atoms with Crippen molar-refractivity contribution in [1.82, 2.24) is 0 Å². The van der Waals surface area contributed by atoms with Crippen LogP contribution in [0.25, 0.3) is 0 Å². The molecule has 1 atom stereocenters. The molecule has 0 spiro atoms. The molecule has 0 bridgehead atoms. The number of halogens is 1. The third-order valence-electron chi connectivity index (χ3n) is 2.48. The van der Waals surface area contributed by atoms with E-state index < -0.39 is 0 Å². The van der Waals surface area contributed by atoms with Crippen LogP contribution in [0.4, 0.5) is 5.69 Å². The van der Waals surface area contributed by atoms with Gasteiger partial charge in [0.25, 0.3) is 0 Å². The van der Waals surface area contributed by atoms with E-state index in [1.807, 2.05) is 13.0 Å². The minimum atomic E-state index is -0.187. The monoisotopic (exact) mass is 265 g/mol. The number of nitrogens with zero attached hydrogens (tertiary/aromatic N) is 1. The lowest BCUT2D eigenvalue weighted by Gasteiger charge is -2.11. The Morgan fingerprint density at radius 1 is 1.61 bits per heavy atom. The number of carbonyl (C=O) groups excluding carboxylic acids is 1. The molecule has 96 valence electrons. The van der Waals surface area contributed by atoms with Crippen molar-refractivity contribution >= 4 is 23.2 Å². The summed E-state index contributed by atoms with van der Waals surface area (Å²) in [5.41, 5.74) is 6.69. The summed E-state index contributed by atoms with van der Waals surface area (Å²) >= 11 is 5.94. The zero-order valence-electron chi connectivity index (χ0n) is 10.2. The first kappa shape index (κ1) is 14.5. The number of amides is 1. The van der Waals surface area contributed by atoms with Crippen LogP contribution in [0.1, 0.15) is 31.7 Å².